The molecule has 0 aromatic heterocycles. The zero-order valence-electron chi connectivity index (χ0n) is 17.6. The lowest BCUT2D eigenvalue weighted by Gasteiger charge is -2.51. The number of anilines is 1. The van der Waals surface area contributed by atoms with Crippen LogP contribution in [0.5, 0.6) is 0 Å². The molecule has 0 saturated heterocycles. The van der Waals surface area contributed by atoms with E-state index < -0.39 is 17.4 Å². The number of benzene rings is 2. The Hall–Kier alpha value is -2.62. The van der Waals surface area contributed by atoms with E-state index in [1.165, 1.54) is 11.1 Å². The second kappa shape index (κ2) is 7.08. The number of carbonyl (C=O) groups excluding carboxylic acids is 2. The number of amides is 1. The van der Waals surface area contributed by atoms with E-state index in [0.717, 1.165) is 16.8 Å². The number of hydrogen-bond acceptors (Lipinski definition) is 3. The van der Waals surface area contributed by atoms with E-state index in [9.17, 15) is 9.59 Å². The Morgan fingerprint density at radius 2 is 1.61 bits per heavy atom. The maximum absolute atomic E-state index is 13.0. The van der Waals surface area contributed by atoms with Crippen molar-refractivity contribution >= 4 is 17.6 Å². The predicted octanol–water partition coefficient (Wildman–Crippen LogP) is 4.69. The first-order valence-corrected chi connectivity index (χ1v) is 9.80. The molecule has 0 unspecified atom stereocenters. The molecule has 1 heterocycles. The van der Waals surface area contributed by atoms with Gasteiger partial charge < -0.3 is 4.74 Å². The maximum Gasteiger partial charge on any atom is 0.397 e. The minimum Gasteiger partial charge on any atom is -0.459 e. The summed E-state index contributed by atoms with van der Waals surface area (Å²) in [6.45, 7) is 12.3. The van der Waals surface area contributed by atoms with Crippen LogP contribution in [0, 0.1) is 13.8 Å². The molecule has 1 aliphatic rings. The largest absolute Gasteiger partial charge is 0.459 e. The number of rotatable bonds is 2. The first kappa shape index (κ1) is 20.1. The van der Waals surface area contributed by atoms with E-state index in [0.29, 0.717) is 6.42 Å². The van der Waals surface area contributed by atoms with E-state index in [1.54, 1.807) is 11.8 Å². The van der Waals surface area contributed by atoms with Crippen molar-refractivity contribution in [3.05, 3.63) is 64.7 Å². The van der Waals surface area contributed by atoms with Gasteiger partial charge in [-0.25, -0.2) is 4.79 Å². The Balaban J connectivity index is 2.21. The molecule has 1 aliphatic heterocycles. The van der Waals surface area contributed by atoms with Crippen LogP contribution in [0.3, 0.4) is 0 Å². The third kappa shape index (κ3) is 3.32. The molecule has 4 heteroatoms. The lowest BCUT2D eigenvalue weighted by molar-refractivity contribution is -0.153. The van der Waals surface area contributed by atoms with E-state index in [2.05, 4.69) is 44.2 Å². The molecular weight excluding hydrogens is 350 g/mol. The summed E-state index contributed by atoms with van der Waals surface area (Å²) in [5.74, 6) is -1.41. The monoisotopic (exact) mass is 379 g/mol. The number of fused-ring (bicyclic) bond motifs is 1. The fraction of sp³-hybridized carbons (Fsp3) is 0.417. The summed E-state index contributed by atoms with van der Waals surface area (Å²) in [7, 11) is 0. The third-order valence-electron chi connectivity index (χ3n) is 5.72. The number of nitrogens with zero attached hydrogens (tertiary/aromatic N) is 1. The fourth-order valence-electron chi connectivity index (χ4n) is 4.50. The topological polar surface area (TPSA) is 46.6 Å². The van der Waals surface area contributed by atoms with Gasteiger partial charge in [0.05, 0.1) is 6.61 Å². The molecule has 3 rings (SSSR count). The van der Waals surface area contributed by atoms with Gasteiger partial charge in [0.2, 0.25) is 0 Å². The van der Waals surface area contributed by atoms with Crippen LogP contribution in [0.2, 0.25) is 0 Å². The second-order valence-corrected chi connectivity index (χ2v) is 8.57. The minimum atomic E-state index is -0.805. The smallest absolute Gasteiger partial charge is 0.397 e. The summed E-state index contributed by atoms with van der Waals surface area (Å²) < 4.78 is 5.01. The number of ether oxygens (including phenoxy) is 1. The third-order valence-corrected chi connectivity index (χ3v) is 5.72. The average molecular weight is 380 g/mol. The maximum atomic E-state index is 13.0. The molecule has 2 aromatic carbocycles. The van der Waals surface area contributed by atoms with Crippen LogP contribution in [0.15, 0.2) is 42.5 Å². The molecule has 0 saturated carbocycles. The number of carbonyl (C=O) groups is 2. The van der Waals surface area contributed by atoms with Crippen LogP contribution in [-0.4, -0.2) is 24.0 Å². The lowest BCUT2D eigenvalue weighted by atomic mass is 9.65. The molecule has 0 spiro atoms. The molecule has 0 bridgehead atoms. The fourth-order valence-corrected chi connectivity index (χ4v) is 4.50. The van der Waals surface area contributed by atoms with Crippen molar-refractivity contribution in [2.24, 2.45) is 0 Å². The average Bonchev–Trinajstić information content (AvgIpc) is 2.62. The quantitative estimate of drug-likeness (QED) is 0.562. The molecule has 2 aromatic rings. The minimum absolute atomic E-state index is 0.181. The number of aryl methyl sites for hydroxylation is 2. The van der Waals surface area contributed by atoms with Crippen molar-refractivity contribution in [1.29, 1.82) is 0 Å². The molecule has 1 atom stereocenters. The molecule has 148 valence electrons. The van der Waals surface area contributed by atoms with Crippen LogP contribution in [0.4, 0.5) is 5.69 Å². The SMILES string of the molecule is CCOC(=O)C(=O)N1c2ccc(C)cc2[C@](C)(c2ccc(C)cc2)CC1(C)C. The molecule has 0 radical (unpaired) electrons. The zero-order valence-corrected chi connectivity index (χ0v) is 17.6. The van der Waals surface area contributed by atoms with Crippen molar-refractivity contribution in [3.8, 4) is 0 Å². The van der Waals surface area contributed by atoms with Crippen molar-refractivity contribution in [1.82, 2.24) is 0 Å². The van der Waals surface area contributed by atoms with Crippen molar-refractivity contribution in [2.45, 2.75) is 58.9 Å². The Kier molecular flexibility index (Phi) is 5.09. The summed E-state index contributed by atoms with van der Waals surface area (Å²) >= 11 is 0. The van der Waals surface area contributed by atoms with Gasteiger partial charge in [0.1, 0.15) is 0 Å². The van der Waals surface area contributed by atoms with E-state index in [-0.39, 0.29) is 12.0 Å². The molecule has 0 aliphatic carbocycles. The van der Waals surface area contributed by atoms with Crippen LogP contribution in [0.1, 0.15) is 56.4 Å². The number of esters is 1. The molecule has 0 N–H and O–H groups in total. The molecule has 1 amide bonds. The van der Waals surface area contributed by atoms with Crippen LogP contribution >= 0.6 is 0 Å². The summed E-state index contributed by atoms with van der Waals surface area (Å²) in [4.78, 5) is 26.9. The van der Waals surface area contributed by atoms with Gasteiger partial charge in [-0.3, -0.25) is 9.69 Å². The van der Waals surface area contributed by atoms with Crippen LogP contribution < -0.4 is 4.90 Å². The first-order chi connectivity index (χ1) is 13.1. The van der Waals surface area contributed by atoms with Gasteiger partial charge in [0.15, 0.2) is 0 Å². The van der Waals surface area contributed by atoms with Crippen molar-refractivity contribution in [2.75, 3.05) is 11.5 Å². The van der Waals surface area contributed by atoms with Crippen LogP contribution in [0.25, 0.3) is 0 Å². The normalized spacial score (nSPS) is 20.4. The Morgan fingerprint density at radius 1 is 1.00 bits per heavy atom. The first-order valence-electron chi connectivity index (χ1n) is 9.80. The Morgan fingerprint density at radius 3 is 2.21 bits per heavy atom. The molecule has 0 fully saturated rings. The highest BCUT2D eigenvalue weighted by Gasteiger charge is 2.49. The Bertz CT molecular complexity index is 914. The van der Waals surface area contributed by atoms with Gasteiger partial charge in [-0.1, -0.05) is 54.4 Å². The highest BCUT2D eigenvalue weighted by molar-refractivity contribution is 6.38. The molecule has 4 nitrogen and oxygen atoms in total. The van der Waals surface area contributed by atoms with Crippen molar-refractivity contribution in [3.63, 3.8) is 0 Å². The van der Waals surface area contributed by atoms with Gasteiger partial charge in [0.25, 0.3) is 0 Å². The van der Waals surface area contributed by atoms with Gasteiger partial charge in [-0.2, -0.15) is 0 Å². The summed E-state index contributed by atoms with van der Waals surface area (Å²) in [6.07, 6.45) is 0.699. The lowest BCUT2D eigenvalue weighted by Crippen LogP contribution is -2.57. The zero-order chi connectivity index (χ0) is 20.7. The summed E-state index contributed by atoms with van der Waals surface area (Å²) in [5.41, 5.74) is 4.57. The van der Waals surface area contributed by atoms with E-state index in [1.807, 2.05) is 32.9 Å². The molecule has 28 heavy (non-hydrogen) atoms. The van der Waals surface area contributed by atoms with Crippen molar-refractivity contribution < 1.29 is 14.3 Å². The van der Waals surface area contributed by atoms with E-state index >= 15 is 0 Å². The summed E-state index contributed by atoms with van der Waals surface area (Å²) in [6, 6.07) is 14.7. The Labute approximate surface area is 167 Å². The van der Waals surface area contributed by atoms with Crippen LogP contribution in [-0.2, 0) is 19.7 Å². The second-order valence-electron chi connectivity index (χ2n) is 8.57. The highest BCUT2D eigenvalue weighted by Crippen LogP contribution is 2.50. The standard InChI is InChI=1S/C24H29NO3/c1-7-28-22(27)21(26)25-20-13-10-17(3)14-19(20)24(6,15-23(25,4)5)18-11-8-16(2)9-12-18/h8-14H,7,15H2,1-6H3/t24-/m0/s1. The van der Waals surface area contributed by atoms with Gasteiger partial charge >= 0.3 is 11.9 Å². The van der Waals surface area contributed by atoms with E-state index in [4.69, 9.17) is 4.74 Å². The molecular formula is C24H29NO3. The van der Waals surface area contributed by atoms with Gasteiger partial charge in [-0.05, 0) is 58.2 Å². The van der Waals surface area contributed by atoms with Gasteiger partial charge in [-0.15, -0.1) is 0 Å². The highest BCUT2D eigenvalue weighted by atomic mass is 16.5. The predicted molar refractivity (Wildman–Crippen MR) is 112 cm³/mol. The summed E-state index contributed by atoms with van der Waals surface area (Å²) in [5, 5.41) is 0. The number of hydrogen-bond donors (Lipinski definition) is 0. The van der Waals surface area contributed by atoms with Gasteiger partial charge in [0, 0.05) is 16.6 Å².